The molecule has 1 atom stereocenters. The molecule has 0 spiro atoms. The number of unbranched alkanes of at least 4 members (excludes halogenated alkanes) is 9. The number of nitrogens with one attached hydrogen (secondary N) is 2. The lowest BCUT2D eigenvalue weighted by atomic mass is 10.1. The number of ether oxygens (including phenoxy) is 4. The van der Waals surface area contributed by atoms with Gasteiger partial charge in [0.2, 0.25) is 11.8 Å². The maximum Gasteiger partial charge on any atom is 0.326 e. The molecule has 0 aliphatic heterocycles. The zero-order valence-electron chi connectivity index (χ0n) is 25.6. The smallest absolute Gasteiger partial charge is 0.326 e. The SMILES string of the molecule is O=[C]CCC(NC(=O)CCOCCOCCOCCOCCNC(=O)CCCCCCCCCCCCC(=O)O)C(=O)O. The van der Waals surface area contributed by atoms with Gasteiger partial charge in [0.05, 0.1) is 52.9 Å². The van der Waals surface area contributed by atoms with Crippen LogP contribution in [0.2, 0.25) is 0 Å². The molecule has 0 aromatic carbocycles. The molecule has 0 aromatic heterocycles. The number of carboxylic acids is 2. The molecule has 4 N–H and O–H groups in total. The minimum atomic E-state index is -1.20. The van der Waals surface area contributed by atoms with Gasteiger partial charge in [-0.1, -0.05) is 51.4 Å². The number of carbonyl (C=O) groups excluding carboxylic acids is 3. The standard InChI is InChI=1S/C30H53N2O11/c33-17-11-12-26(30(38)39)32-28(35)15-18-40-20-22-42-24-25-43-23-21-41-19-16-31-27(34)13-9-7-5-3-1-2-4-6-8-10-14-29(36)37/h26H,1-16,18-25H2,(H,31,34)(H,32,35)(H,36,37)(H,38,39). The second kappa shape index (κ2) is 30.8. The van der Waals surface area contributed by atoms with Crippen molar-refractivity contribution < 1.29 is 53.1 Å². The first-order valence-electron chi connectivity index (χ1n) is 15.5. The van der Waals surface area contributed by atoms with Gasteiger partial charge in [0.15, 0.2) is 6.29 Å². The number of carbonyl (C=O) groups is 4. The van der Waals surface area contributed by atoms with E-state index >= 15 is 0 Å². The van der Waals surface area contributed by atoms with Gasteiger partial charge in [0, 0.05) is 32.2 Å². The van der Waals surface area contributed by atoms with E-state index in [-0.39, 0.29) is 44.8 Å². The Morgan fingerprint density at radius 3 is 1.53 bits per heavy atom. The summed E-state index contributed by atoms with van der Waals surface area (Å²) in [7, 11) is 0. The zero-order valence-corrected chi connectivity index (χ0v) is 25.6. The second-order valence-electron chi connectivity index (χ2n) is 10.1. The Bertz CT molecular complexity index is 737. The first kappa shape index (κ1) is 40.4. The lowest BCUT2D eigenvalue weighted by Gasteiger charge is -2.13. The maximum atomic E-state index is 11.9. The number of rotatable bonds is 33. The summed E-state index contributed by atoms with van der Waals surface area (Å²) in [6.07, 6.45) is 13.0. The van der Waals surface area contributed by atoms with Crippen LogP contribution in [0.25, 0.3) is 0 Å². The summed E-state index contributed by atoms with van der Waals surface area (Å²) < 4.78 is 21.5. The average molecular weight is 618 g/mol. The van der Waals surface area contributed by atoms with Crippen LogP contribution in [0.5, 0.6) is 0 Å². The fraction of sp³-hybridized carbons (Fsp3) is 0.833. The Labute approximate surface area is 255 Å². The van der Waals surface area contributed by atoms with Crippen molar-refractivity contribution in [3.63, 3.8) is 0 Å². The highest BCUT2D eigenvalue weighted by Crippen LogP contribution is 2.12. The fourth-order valence-corrected chi connectivity index (χ4v) is 3.98. The molecule has 0 saturated carbocycles. The first-order chi connectivity index (χ1) is 20.9. The van der Waals surface area contributed by atoms with Gasteiger partial charge in [-0.25, -0.2) is 4.79 Å². The van der Waals surface area contributed by atoms with E-state index < -0.39 is 23.9 Å². The highest BCUT2D eigenvalue weighted by atomic mass is 16.6. The predicted octanol–water partition coefficient (Wildman–Crippen LogP) is 2.78. The van der Waals surface area contributed by atoms with E-state index in [1.54, 1.807) is 6.29 Å². The van der Waals surface area contributed by atoms with Crippen molar-refractivity contribution in [2.24, 2.45) is 0 Å². The Hall–Kier alpha value is -2.61. The van der Waals surface area contributed by atoms with Crippen molar-refractivity contribution in [3.05, 3.63) is 0 Å². The Morgan fingerprint density at radius 1 is 0.581 bits per heavy atom. The summed E-state index contributed by atoms with van der Waals surface area (Å²) in [5.74, 6) is -2.33. The molecule has 13 heteroatoms. The third kappa shape index (κ3) is 30.6. The van der Waals surface area contributed by atoms with E-state index in [0.717, 1.165) is 38.5 Å². The zero-order chi connectivity index (χ0) is 31.8. The molecule has 0 saturated heterocycles. The Balaban J connectivity index is 3.33. The molecular formula is C30H53N2O11. The van der Waals surface area contributed by atoms with Gasteiger partial charge < -0.3 is 39.8 Å². The summed E-state index contributed by atoms with van der Waals surface area (Å²) in [5, 5.41) is 22.8. The molecule has 0 aromatic rings. The van der Waals surface area contributed by atoms with Crippen molar-refractivity contribution in [1.82, 2.24) is 10.6 Å². The molecule has 0 bridgehead atoms. The largest absolute Gasteiger partial charge is 0.481 e. The molecule has 43 heavy (non-hydrogen) atoms. The molecule has 13 nitrogen and oxygen atoms in total. The van der Waals surface area contributed by atoms with Crippen LogP contribution in [-0.2, 0) is 42.9 Å². The van der Waals surface area contributed by atoms with Crippen LogP contribution >= 0.6 is 0 Å². The van der Waals surface area contributed by atoms with Crippen LogP contribution in [0.3, 0.4) is 0 Å². The summed E-state index contributed by atoms with van der Waals surface area (Å²) in [5.41, 5.74) is 0. The summed E-state index contributed by atoms with van der Waals surface area (Å²) in [6, 6.07) is -1.11. The second-order valence-corrected chi connectivity index (χ2v) is 10.1. The average Bonchev–Trinajstić information content (AvgIpc) is 2.97. The third-order valence-corrected chi connectivity index (χ3v) is 6.37. The molecule has 0 fully saturated rings. The van der Waals surface area contributed by atoms with Crippen LogP contribution in [0.15, 0.2) is 0 Å². The summed E-state index contributed by atoms with van der Waals surface area (Å²) in [4.78, 5) is 55.4. The van der Waals surface area contributed by atoms with Crippen LogP contribution in [0, 0.1) is 0 Å². The molecule has 1 radical (unpaired) electrons. The van der Waals surface area contributed by atoms with E-state index in [0.29, 0.717) is 52.6 Å². The van der Waals surface area contributed by atoms with E-state index in [2.05, 4.69) is 10.6 Å². The summed E-state index contributed by atoms with van der Waals surface area (Å²) in [6.45, 7) is 3.22. The van der Waals surface area contributed by atoms with Crippen molar-refractivity contribution >= 4 is 30.0 Å². The first-order valence-corrected chi connectivity index (χ1v) is 15.5. The van der Waals surface area contributed by atoms with Crippen LogP contribution in [-0.4, -0.2) is 106 Å². The topological polar surface area (TPSA) is 187 Å². The summed E-state index contributed by atoms with van der Waals surface area (Å²) >= 11 is 0. The molecule has 1 unspecified atom stereocenters. The number of aliphatic carboxylic acids is 2. The molecule has 0 rings (SSSR count). The van der Waals surface area contributed by atoms with Crippen LogP contribution in [0.4, 0.5) is 0 Å². The van der Waals surface area contributed by atoms with Gasteiger partial charge in [-0.2, -0.15) is 0 Å². The predicted molar refractivity (Wildman–Crippen MR) is 158 cm³/mol. The molecular weight excluding hydrogens is 564 g/mol. The highest BCUT2D eigenvalue weighted by molar-refractivity contribution is 5.83. The molecule has 2 amide bonds. The van der Waals surface area contributed by atoms with Gasteiger partial charge >= 0.3 is 11.9 Å². The van der Waals surface area contributed by atoms with Crippen molar-refractivity contribution in [1.29, 1.82) is 0 Å². The van der Waals surface area contributed by atoms with Gasteiger partial charge in [-0.3, -0.25) is 19.2 Å². The third-order valence-electron chi connectivity index (χ3n) is 6.37. The molecule has 0 aliphatic carbocycles. The molecule has 0 heterocycles. The molecule has 0 aliphatic rings. The normalized spacial score (nSPS) is 11.6. The number of amides is 2. The van der Waals surface area contributed by atoms with Gasteiger partial charge in [-0.15, -0.1) is 0 Å². The minimum absolute atomic E-state index is 0.00317. The van der Waals surface area contributed by atoms with Crippen LogP contribution in [0.1, 0.15) is 96.3 Å². The van der Waals surface area contributed by atoms with Gasteiger partial charge in [0.1, 0.15) is 6.04 Å². The quantitative estimate of drug-likeness (QED) is 0.0793. The molecule has 249 valence electrons. The fourth-order valence-electron chi connectivity index (χ4n) is 3.98. The van der Waals surface area contributed by atoms with Crippen molar-refractivity contribution in [2.45, 2.75) is 102 Å². The van der Waals surface area contributed by atoms with Crippen molar-refractivity contribution in [2.75, 3.05) is 59.4 Å². The van der Waals surface area contributed by atoms with Gasteiger partial charge in [-0.05, 0) is 19.3 Å². The monoisotopic (exact) mass is 617 g/mol. The number of hydrogen-bond acceptors (Lipinski definition) is 9. The van der Waals surface area contributed by atoms with Crippen molar-refractivity contribution in [3.8, 4) is 0 Å². The Kier molecular flexibility index (Phi) is 29.0. The van der Waals surface area contributed by atoms with E-state index in [1.807, 2.05) is 0 Å². The van der Waals surface area contributed by atoms with Gasteiger partial charge in [0.25, 0.3) is 0 Å². The Morgan fingerprint density at radius 2 is 1.05 bits per heavy atom. The lowest BCUT2D eigenvalue weighted by Crippen LogP contribution is -2.41. The number of carboxylic acid groups (broad SMARTS) is 2. The minimum Gasteiger partial charge on any atom is -0.481 e. The van der Waals surface area contributed by atoms with E-state index in [1.165, 1.54) is 25.7 Å². The van der Waals surface area contributed by atoms with E-state index in [4.69, 9.17) is 29.2 Å². The van der Waals surface area contributed by atoms with E-state index in [9.17, 15) is 24.0 Å². The highest BCUT2D eigenvalue weighted by Gasteiger charge is 2.19. The van der Waals surface area contributed by atoms with Crippen LogP contribution < -0.4 is 10.6 Å². The lowest BCUT2D eigenvalue weighted by molar-refractivity contribution is -0.142. The number of hydrogen-bond donors (Lipinski definition) is 4. The maximum absolute atomic E-state index is 11.9.